The predicted octanol–water partition coefficient (Wildman–Crippen LogP) is 17.4. The molecule has 0 heterocycles. The topological polar surface area (TPSA) is 3.24 Å². The van der Waals surface area contributed by atoms with Gasteiger partial charge in [-0.2, -0.15) is 0 Å². The van der Waals surface area contributed by atoms with Crippen LogP contribution in [0.4, 0.5) is 17.1 Å². The second kappa shape index (κ2) is 16.6. The zero-order valence-corrected chi connectivity index (χ0v) is 36.9. The van der Waals surface area contributed by atoms with Gasteiger partial charge in [-0.15, -0.1) is 0 Å². The fraction of sp³-hybridized carbons (Fsp3) is 0.311. The number of hydrogen-bond acceptors (Lipinski definition) is 1. The molecule has 0 spiro atoms. The normalized spacial score (nSPS) is 17.3. The number of anilines is 3. The smallest absolute Gasteiger partial charge is 0.0502 e. The number of fused-ring (bicyclic) bond motifs is 4. The molecule has 310 valence electrons. The molecule has 0 aromatic heterocycles. The Hall–Kier alpha value is -5.66. The van der Waals surface area contributed by atoms with E-state index in [4.69, 9.17) is 0 Å². The highest BCUT2D eigenvalue weighted by molar-refractivity contribution is 5.88. The molecule has 2 fully saturated rings. The second-order valence-electron chi connectivity index (χ2n) is 19.6. The second-order valence-corrected chi connectivity index (χ2v) is 19.6. The lowest BCUT2D eigenvalue weighted by atomic mass is 9.82. The van der Waals surface area contributed by atoms with Crippen LogP contribution >= 0.6 is 0 Å². The SMILES string of the molecule is CC1(C)c2ccccc2-c2ccc(N(c3ccc(-c4ccc(C5CCCCC5)cc4)cc3)c3cc(-c4cccc(-c5ccc(C6CCCCC6)cc5)c4)cc4c3CCCC4)cc21. The van der Waals surface area contributed by atoms with E-state index < -0.39 is 0 Å². The number of hydrogen-bond donors (Lipinski definition) is 0. The molecule has 0 N–H and O–H groups in total. The van der Waals surface area contributed by atoms with E-state index in [2.05, 4.69) is 170 Å². The van der Waals surface area contributed by atoms with Gasteiger partial charge in [0.1, 0.15) is 0 Å². The average molecular weight is 808 g/mol. The van der Waals surface area contributed by atoms with Crippen LogP contribution in [0.5, 0.6) is 0 Å². The van der Waals surface area contributed by atoms with Crippen molar-refractivity contribution in [1.82, 2.24) is 0 Å². The molecule has 7 aromatic rings. The summed E-state index contributed by atoms with van der Waals surface area (Å²) in [5.41, 5.74) is 23.0. The summed E-state index contributed by atoms with van der Waals surface area (Å²) in [5.74, 6) is 1.45. The number of benzene rings is 7. The molecule has 62 heavy (non-hydrogen) atoms. The van der Waals surface area contributed by atoms with Crippen molar-refractivity contribution < 1.29 is 0 Å². The summed E-state index contributed by atoms with van der Waals surface area (Å²) in [6.07, 6.45) is 18.3. The molecule has 0 atom stereocenters. The Labute approximate surface area is 370 Å². The Morgan fingerprint density at radius 2 is 0.952 bits per heavy atom. The van der Waals surface area contributed by atoms with Gasteiger partial charge in [0, 0.05) is 16.8 Å². The van der Waals surface area contributed by atoms with Gasteiger partial charge in [-0.1, -0.05) is 168 Å². The molecule has 4 aliphatic rings. The molecule has 1 nitrogen and oxygen atoms in total. The lowest BCUT2D eigenvalue weighted by molar-refractivity contribution is 0.443. The van der Waals surface area contributed by atoms with Crippen molar-refractivity contribution in [3.8, 4) is 44.5 Å². The standard InChI is InChI=1S/C61H61N/c1-61(2)58-23-12-11-22-56(58)57-37-36-54(41-59(57)61)62(53-34-32-47(33-35-53)46-26-24-44(25-27-46)42-14-5-3-6-15-42)60-40-52(39-51-18-9-10-21-55(51)60)50-20-13-19-49(38-50)48-30-28-45(29-31-48)43-16-7-4-8-17-43/h11-13,19-20,22-43H,3-10,14-18,21H2,1-2H3. The van der Waals surface area contributed by atoms with E-state index >= 15 is 0 Å². The van der Waals surface area contributed by atoms with Gasteiger partial charge < -0.3 is 4.90 Å². The van der Waals surface area contributed by atoms with Crippen molar-refractivity contribution >= 4 is 17.1 Å². The monoisotopic (exact) mass is 807 g/mol. The van der Waals surface area contributed by atoms with Crippen LogP contribution in [0.25, 0.3) is 44.5 Å². The number of nitrogens with zero attached hydrogens (tertiary/aromatic N) is 1. The largest absolute Gasteiger partial charge is 0.310 e. The number of aryl methyl sites for hydroxylation is 1. The van der Waals surface area contributed by atoms with Crippen LogP contribution in [0.1, 0.15) is 136 Å². The first-order valence-electron chi connectivity index (χ1n) is 24.1. The molecule has 2 saturated carbocycles. The summed E-state index contributed by atoms with van der Waals surface area (Å²) in [7, 11) is 0. The first kappa shape index (κ1) is 39.2. The highest BCUT2D eigenvalue weighted by Gasteiger charge is 2.36. The minimum atomic E-state index is -0.0857. The van der Waals surface area contributed by atoms with Gasteiger partial charge in [0.15, 0.2) is 0 Å². The maximum atomic E-state index is 2.59. The first-order valence-corrected chi connectivity index (χ1v) is 24.1. The van der Waals surface area contributed by atoms with Crippen LogP contribution in [0.15, 0.2) is 152 Å². The van der Waals surface area contributed by atoms with Gasteiger partial charge in [-0.05, 0) is 177 Å². The summed E-state index contributed by atoms with van der Waals surface area (Å²) in [4.78, 5) is 2.59. The lowest BCUT2D eigenvalue weighted by Crippen LogP contribution is -2.18. The number of rotatable bonds is 8. The van der Waals surface area contributed by atoms with Gasteiger partial charge >= 0.3 is 0 Å². The zero-order chi connectivity index (χ0) is 41.6. The van der Waals surface area contributed by atoms with Crippen molar-refractivity contribution in [2.45, 2.75) is 121 Å². The van der Waals surface area contributed by atoms with Crippen molar-refractivity contribution in [3.05, 3.63) is 185 Å². The van der Waals surface area contributed by atoms with Gasteiger partial charge in [-0.25, -0.2) is 0 Å². The van der Waals surface area contributed by atoms with E-state index in [1.165, 1.54) is 172 Å². The van der Waals surface area contributed by atoms with E-state index in [9.17, 15) is 0 Å². The van der Waals surface area contributed by atoms with Crippen LogP contribution < -0.4 is 4.90 Å². The van der Waals surface area contributed by atoms with E-state index in [0.29, 0.717) is 0 Å². The average Bonchev–Trinajstić information content (AvgIpc) is 3.57. The van der Waals surface area contributed by atoms with Gasteiger partial charge in [0.05, 0.1) is 5.69 Å². The van der Waals surface area contributed by atoms with E-state index in [1.807, 2.05) is 0 Å². The highest BCUT2D eigenvalue weighted by Crippen LogP contribution is 2.52. The van der Waals surface area contributed by atoms with Crippen molar-refractivity contribution in [1.29, 1.82) is 0 Å². The van der Waals surface area contributed by atoms with Crippen LogP contribution in [-0.4, -0.2) is 0 Å². The third-order valence-electron chi connectivity index (χ3n) is 15.5. The van der Waals surface area contributed by atoms with Crippen LogP contribution in [0.3, 0.4) is 0 Å². The summed E-state index contributed by atoms with van der Waals surface area (Å²) in [5, 5.41) is 0. The van der Waals surface area contributed by atoms with E-state index in [-0.39, 0.29) is 5.41 Å². The molecule has 0 amide bonds. The van der Waals surface area contributed by atoms with Crippen LogP contribution in [0, 0.1) is 0 Å². The predicted molar refractivity (Wildman–Crippen MR) is 263 cm³/mol. The minimum absolute atomic E-state index is 0.0857. The van der Waals surface area contributed by atoms with Gasteiger partial charge in [0.2, 0.25) is 0 Å². The summed E-state index contributed by atoms with van der Waals surface area (Å²) in [6, 6.07) is 59.1. The quantitative estimate of drug-likeness (QED) is 0.148. The van der Waals surface area contributed by atoms with Crippen molar-refractivity contribution in [2.24, 2.45) is 0 Å². The van der Waals surface area contributed by atoms with Crippen molar-refractivity contribution in [3.63, 3.8) is 0 Å². The fourth-order valence-corrected chi connectivity index (χ4v) is 11.9. The lowest BCUT2D eigenvalue weighted by Gasteiger charge is -2.32. The maximum absolute atomic E-state index is 2.59. The Morgan fingerprint density at radius 3 is 1.61 bits per heavy atom. The molecule has 1 heteroatoms. The summed E-state index contributed by atoms with van der Waals surface area (Å²) >= 11 is 0. The molecular formula is C61H61N. The summed E-state index contributed by atoms with van der Waals surface area (Å²) < 4.78 is 0. The first-order chi connectivity index (χ1) is 30.5. The Balaban J connectivity index is 1.00. The third kappa shape index (κ3) is 7.32. The molecule has 4 aliphatic carbocycles. The third-order valence-corrected chi connectivity index (χ3v) is 15.5. The molecule has 11 rings (SSSR count). The fourth-order valence-electron chi connectivity index (χ4n) is 11.9. The van der Waals surface area contributed by atoms with Crippen LogP contribution in [-0.2, 0) is 18.3 Å². The molecule has 0 saturated heterocycles. The van der Waals surface area contributed by atoms with Gasteiger partial charge in [-0.3, -0.25) is 0 Å². The molecule has 0 aliphatic heterocycles. The zero-order valence-electron chi connectivity index (χ0n) is 36.9. The van der Waals surface area contributed by atoms with E-state index in [1.54, 1.807) is 0 Å². The minimum Gasteiger partial charge on any atom is -0.310 e. The van der Waals surface area contributed by atoms with Crippen molar-refractivity contribution in [2.75, 3.05) is 4.90 Å². The molecule has 0 unspecified atom stereocenters. The van der Waals surface area contributed by atoms with Crippen LogP contribution in [0.2, 0.25) is 0 Å². The Bertz CT molecular complexity index is 2700. The molecule has 7 aromatic carbocycles. The highest BCUT2D eigenvalue weighted by atomic mass is 15.1. The molecular weight excluding hydrogens is 747 g/mol. The molecule has 0 bridgehead atoms. The van der Waals surface area contributed by atoms with Gasteiger partial charge in [0.25, 0.3) is 0 Å². The Morgan fingerprint density at radius 1 is 0.403 bits per heavy atom. The molecule has 0 radical (unpaired) electrons. The van der Waals surface area contributed by atoms with E-state index in [0.717, 1.165) is 24.7 Å². The maximum Gasteiger partial charge on any atom is 0.0502 e. The summed E-state index contributed by atoms with van der Waals surface area (Å²) in [6.45, 7) is 4.80. The Kier molecular flexibility index (Phi) is 10.5.